The van der Waals surface area contributed by atoms with E-state index < -0.39 is 10.0 Å². The monoisotopic (exact) mass is 436 g/mol. The quantitative estimate of drug-likeness (QED) is 0.574. The zero-order valence-electron chi connectivity index (χ0n) is 17.2. The van der Waals surface area contributed by atoms with E-state index in [4.69, 9.17) is 4.84 Å². The van der Waals surface area contributed by atoms with Crippen LogP contribution in [0.1, 0.15) is 34.3 Å². The van der Waals surface area contributed by atoms with Crippen molar-refractivity contribution in [3.05, 3.63) is 89.5 Å². The number of sulfonamides is 1. The molecule has 4 rings (SSSR count). The fourth-order valence-corrected chi connectivity index (χ4v) is 5.22. The molecular weight excluding hydrogens is 412 g/mol. The van der Waals surface area contributed by atoms with Gasteiger partial charge in [0, 0.05) is 11.3 Å². The van der Waals surface area contributed by atoms with Crippen LogP contribution in [0.3, 0.4) is 0 Å². The molecule has 0 aliphatic heterocycles. The van der Waals surface area contributed by atoms with Crippen LogP contribution in [0.15, 0.2) is 77.7 Å². The van der Waals surface area contributed by atoms with Crippen LogP contribution in [0.2, 0.25) is 0 Å². The maximum Gasteiger partial charge on any atom is 0.286 e. The molecule has 0 unspecified atom stereocenters. The molecule has 1 aliphatic rings. The van der Waals surface area contributed by atoms with Crippen molar-refractivity contribution in [3.63, 3.8) is 0 Å². The van der Waals surface area contributed by atoms with E-state index in [0.717, 1.165) is 41.3 Å². The number of carbonyl (C=O) groups excluding carboxylic acids is 1. The summed E-state index contributed by atoms with van der Waals surface area (Å²) >= 11 is 0. The van der Waals surface area contributed by atoms with E-state index in [9.17, 15) is 13.2 Å². The first kappa shape index (κ1) is 21.1. The third-order valence-electron chi connectivity index (χ3n) is 5.37. The number of aryl methyl sites for hydroxylation is 1. The van der Waals surface area contributed by atoms with Crippen molar-refractivity contribution in [2.45, 2.75) is 30.6 Å². The van der Waals surface area contributed by atoms with Crippen LogP contribution in [0.5, 0.6) is 0 Å². The molecule has 31 heavy (non-hydrogen) atoms. The van der Waals surface area contributed by atoms with E-state index in [0.29, 0.717) is 16.9 Å². The second-order valence-corrected chi connectivity index (χ2v) is 9.14. The van der Waals surface area contributed by atoms with Gasteiger partial charge in [0.2, 0.25) is 0 Å². The molecule has 1 aliphatic carbocycles. The number of benzene rings is 3. The standard InChI is InChI=1S/C24H24N2O4S/c1-30-26(20-13-6-3-7-14-20)31(28,29)21-16-19-12-8-9-15-22(19)23(17-21)25-24(27)18-10-4-2-5-11-18/h2-7,10-11,13-14,16-17H,8-9,12,15H2,1H3,(H,25,27). The average molecular weight is 437 g/mol. The number of amides is 1. The van der Waals surface area contributed by atoms with Crippen molar-refractivity contribution in [2.24, 2.45) is 0 Å². The van der Waals surface area contributed by atoms with Crippen LogP contribution in [0.4, 0.5) is 11.4 Å². The molecule has 0 fully saturated rings. The third-order valence-corrected chi connectivity index (χ3v) is 7.00. The van der Waals surface area contributed by atoms with E-state index in [2.05, 4.69) is 5.32 Å². The highest BCUT2D eigenvalue weighted by molar-refractivity contribution is 7.92. The first-order valence-electron chi connectivity index (χ1n) is 10.2. The lowest BCUT2D eigenvalue weighted by Gasteiger charge is -2.25. The molecule has 0 heterocycles. The van der Waals surface area contributed by atoms with Gasteiger partial charge in [-0.3, -0.25) is 9.63 Å². The predicted molar refractivity (Wildman–Crippen MR) is 121 cm³/mol. The molecule has 6 nitrogen and oxygen atoms in total. The lowest BCUT2D eigenvalue weighted by Crippen LogP contribution is -2.30. The minimum absolute atomic E-state index is 0.0854. The number of para-hydroxylation sites is 1. The van der Waals surface area contributed by atoms with Crippen LogP contribution in [0, 0.1) is 0 Å². The Balaban J connectivity index is 1.76. The van der Waals surface area contributed by atoms with Crippen molar-refractivity contribution >= 4 is 27.3 Å². The normalized spacial score (nSPS) is 13.3. The molecule has 0 saturated carbocycles. The molecular formula is C24H24N2O4S. The van der Waals surface area contributed by atoms with Crippen LogP contribution in [0.25, 0.3) is 0 Å². The number of carbonyl (C=O) groups is 1. The van der Waals surface area contributed by atoms with E-state index in [1.54, 1.807) is 60.7 Å². The van der Waals surface area contributed by atoms with E-state index in [1.807, 2.05) is 6.07 Å². The van der Waals surface area contributed by atoms with Gasteiger partial charge in [0.15, 0.2) is 0 Å². The van der Waals surface area contributed by atoms with E-state index >= 15 is 0 Å². The Labute approximate surface area is 182 Å². The van der Waals surface area contributed by atoms with Gasteiger partial charge in [-0.25, -0.2) is 0 Å². The SMILES string of the molecule is CON(c1ccccc1)S(=O)(=O)c1cc2c(c(NC(=O)c3ccccc3)c1)CCCC2. The maximum atomic E-state index is 13.4. The van der Waals surface area contributed by atoms with Gasteiger partial charge in [-0.15, -0.1) is 4.47 Å². The highest BCUT2D eigenvalue weighted by atomic mass is 32.2. The number of hydrogen-bond donors (Lipinski definition) is 1. The molecule has 0 bridgehead atoms. The highest BCUT2D eigenvalue weighted by Gasteiger charge is 2.28. The maximum absolute atomic E-state index is 13.4. The first-order chi connectivity index (χ1) is 15.0. The number of hydrogen-bond acceptors (Lipinski definition) is 4. The number of nitrogens with one attached hydrogen (secondary N) is 1. The third kappa shape index (κ3) is 4.33. The van der Waals surface area contributed by atoms with Gasteiger partial charge in [0.1, 0.15) is 0 Å². The van der Waals surface area contributed by atoms with Gasteiger partial charge in [-0.1, -0.05) is 36.4 Å². The fraction of sp³-hybridized carbons (Fsp3) is 0.208. The van der Waals surface area contributed by atoms with Crippen LogP contribution in [-0.2, 0) is 27.7 Å². The minimum Gasteiger partial charge on any atom is -0.322 e. The van der Waals surface area contributed by atoms with Gasteiger partial charge in [0.05, 0.1) is 17.7 Å². The summed E-state index contributed by atoms with van der Waals surface area (Å²) in [4.78, 5) is 18.1. The van der Waals surface area contributed by atoms with Crippen molar-refractivity contribution in [3.8, 4) is 0 Å². The predicted octanol–water partition coefficient (Wildman–Crippen LogP) is 4.57. The van der Waals surface area contributed by atoms with Gasteiger partial charge >= 0.3 is 0 Å². The molecule has 0 atom stereocenters. The summed E-state index contributed by atoms with van der Waals surface area (Å²) in [5.41, 5.74) is 3.40. The van der Waals surface area contributed by atoms with Crippen LogP contribution in [-0.4, -0.2) is 21.4 Å². The lowest BCUT2D eigenvalue weighted by atomic mass is 9.90. The Hall–Kier alpha value is -3.16. The van der Waals surface area contributed by atoms with Gasteiger partial charge in [-0.05, 0) is 73.2 Å². The smallest absolute Gasteiger partial charge is 0.286 e. The van der Waals surface area contributed by atoms with E-state index in [-0.39, 0.29) is 10.8 Å². The molecule has 0 saturated heterocycles. The summed E-state index contributed by atoms with van der Waals surface area (Å²) in [6, 6.07) is 20.7. The van der Waals surface area contributed by atoms with Crippen molar-refractivity contribution < 1.29 is 18.0 Å². The summed E-state index contributed by atoms with van der Waals surface area (Å²) in [6.07, 6.45) is 3.55. The molecule has 3 aromatic carbocycles. The Morgan fingerprint density at radius 1 is 0.935 bits per heavy atom. The molecule has 1 amide bonds. The Bertz CT molecular complexity index is 1180. The summed E-state index contributed by atoms with van der Waals surface area (Å²) < 4.78 is 27.8. The second-order valence-electron chi connectivity index (χ2n) is 7.39. The lowest BCUT2D eigenvalue weighted by molar-refractivity contribution is 0.102. The minimum atomic E-state index is -4.00. The average Bonchev–Trinajstić information content (AvgIpc) is 2.80. The molecule has 0 aromatic heterocycles. The summed E-state index contributed by atoms with van der Waals surface area (Å²) in [5, 5.41) is 2.93. The first-order valence-corrected chi connectivity index (χ1v) is 11.6. The van der Waals surface area contributed by atoms with Crippen LogP contribution < -0.4 is 9.79 Å². The molecule has 160 valence electrons. The van der Waals surface area contributed by atoms with Gasteiger partial charge in [0.25, 0.3) is 15.9 Å². The van der Waals surface area contributed by atoms with Crippen molar-refractivity contribution in [2.75, 3.05) is 16.9 Å². The largest absolute Gasteiger partial charge is 0.322 e. The Kier molecular flexibility index (Phi) is 6.06. The Morgan fingerprint density at radius 2 is 1.58 bits per heavy atom. The zero-order chi connectivity index (χ0) is 21.8. The van der Waals surface area contributed by atoms with Crippen molar-refractivity contribution in [1.82, 2.24) is 0 Å². The van der Waals surface area contributed by atoms with Gasteiger partial charge < -0.3 is 5.32 Å². The number of nitrogens with zero attached hydrogens (tertiary/aromatic N) is 1. The fourth-order valence-electron chi connectivity index (χ4n) is 3.87. The number of anilines is 2. The van der Waals surface area contributed by atoms with E-state index in [1.165, 1.54) is 13.2 Å². The topological polar surface area (TPSA) is 75.7 Å². The molecule has 3 aromatic rings. The molecule has 0 spiro atoms. The van der Waals surface area contributed by atoms with Crippen LogP contribution >= 0.6 is 0 Å². The second kappa shape index (κ2) is 8.91. The molecule has 1 N–H and O–H groups in total. The van der Waals surface area contributed by atoms with Gasteiger partial charge in [-0.2, -0.15) is 8.42 Å². The molecule has 7 heteroatoms. The number of rotatable bonds is 6. The highest BCUT2D eigenvalue weighted by Crippen LogP contribution is 2.33. The summed E-state index contributed by atoms with van der Waals surface area (Å²) in [7, 11) is -2.68. The zero-order valence-corrected chi connectivity index (χ0v) is 18.1. The van der Waals surface area contributed by atoms with Crippen molar-refractivity contribution in [1.29, 1.82) is 0 Å². The number of fused-ring (bicyclic) bond motifs is 1. The Morgan fingerprint density at radius 3 is 2.26 bits per heavy atom. The summed E-state index contributed by atoms with van der Waals surface area (Å²) in [5.74, 6) is -0.269. The summed E-state index contributed by atoms with van der Waals surface area (Å²) in [6.45, 7) is 0. The molecule has 0 radical (unpaired) electrons.